The molecule has 3 aromatic carbocycles. The van der Waals surface area contributed by atoms with Crippen LogP contribution in [0.3, 0.4) is 0 Å². The van der Waals surface area contributed by atoms with Crippen LogP contribution in [-0.4, -0.2) is 33.4 Å². The van der Waals surface area contributed by atoms with Crippen LogP contribution in [-0.2, 0) is 21.2 Å². The number of esters is 1. The summed E-state index contributed by atoms with van der Waals surface area (Å²) >= 11 is 0. The van der Waals surface area contributed by atoms with Gasteiger partial charge in [-0.05, 0) is 67.8 Å². The fraction of sp³-hybridized carbons (Fsp3) is 0.185. The van der Waals surface area contributed by atoms with E-state index in [-0.39, 0.29) is 28.5 Å². The molecule has 0 unspecified atom stereocenters. The Kier molecular flexibility index (Phi) is 6.24. The predicted octanol–water partition coefficient (Wildman–Crippen LogP) is 5.00. The molecular formula is C27H24N2O6S. The Balaban J connectivity index is 1.42. The number of ether oxygens (including phenoxy) is 1. The van der Waals surface area contributed by atoms with Crippen LogP contribution in [0, 0.1) is 0 Å². The summed E-state index contributed by atoms with van der Waals surface area (Å²) < 4.78 is 38.9. The van der Waals surface area contributed by atoms with Gasteiger partial charge in [-0.2, -0.15) is 0 Å². The van der Waals surface area contributed by atoms with E-state index in [1.807, 2.05) is 24.3 Å². The van der Waals surface area contributed by atoms with Crippen LogP contribution >= 0.6 is 0 Å². The van der Waals surface area contributed by atoms with Crippen molar-refractivity contribution < 1.29 is 27.2 Å². The van der Waals surface area contributed by atoms with Gasteiger partial charge in [-0.25, -0.2) is 13.2 Å². The summed E-state index contributed by atoms with van der Waals surface area (Å²) in [6.45, 7) is 2.23. The third-order valence-corrected chi connectivity index (χ3v) is 7.89. The topological polar surface area (TPSA) is 106 Å². The number of anilines is 2. The van der Waals surface area contributed by atoms with Crippen molar-refractivity contribution in [1.29, 1.82) is 0 Å². The molecule has 5 rings (SSSR count). The van der Waals surface area contributed by atoms with Gasteiger partial charge in [0.25, 0.3) is 15.9 Å². The van der Waals surface area contributed by atoms with Crippen molar-refractivity contribution in [2.24, 2.45) is 0 Å². The van der Waals surface area contributed by atoms with Crippen molar-refractivity contribution in [3.63, 3.8) is 0 Å². The number of hydrogen-bond acceptors (Lipinski definition) is 6. The average molecular weight is 505 g/mol. The van der Waals surface area contributed by atoms with E-state index in [4.69, 9.17) is 9.15 Å². The van der Waals surface area contributed by atoms with Crippen molar-refractivity contribution in [3.8, 4) is 0 Å². The number of para-hydroxylation sites is 2. The van der Waals surface area contributed by atoms with E-state index in [0.29, 0.717) is 23.2 Å². The molecule has 0 saturated carbocycles. The summed E-state index contributed by atoms with van der Waals surface area (Å²) in [6.07, 6.45) is 1.57. The second-order valence-electron chi connectivity index (χ2n) is 8.31. The Morgan fingerprint density at radius 2 is 1.72 bits per heavy atom. The smallest absolute Gasteiger partial charge is 0.376 e. The number of rotatable bonds is 6. The zero-order valence-electron chi connectivity index (χ0n) is 19.6. The van der Waals surface area contributed by atoms with Gasteiger partial charge in [-0.3, -0.25) is 9.10 Å². The highest BCUT2D eigenvalue weighted by molar-refractivity contribution is 7.92. The molecule has 1 aliphatic heterocycles. The highest BCUT2D eigenvalue weighted by Gasteiger charge is 2.29. The monoisotopic (exact) mass is 504 g/mol. The highest BCUT2D eigenvalue weighted by Crippen LogP contribution is 2.33. The molecular weight excluding hydrogens is 480 g/mol. The number of carbonyl (C=O) groups excluding carboxylic acids is 2. The molecule has 1 aliphatic rings. The first-order chi connectivity index (χ1) is 17.4. The minimum atomic E-state index is -3.80. The van der Waals surface area contributed by atoms with Gasteiger partial charge >= 0.3 is 5.97 Å². The number of sulfonamides is 1. The molecule has 0 aliphatic carbocycles. The standard InChI is InChI=1S/C27H24N2O6S/c1-2-34-27(31)25-24(21-10-4-6-12-23(21)35-25)28-26(30)19-13-15-20(16-14-19)36(32,33)29-17-7-9-18-8-3-5-11-22(18)29/h3-6,8,10-16H,2,7,9,17H2,1H3,(H,28,30). The Morgan fingerprint density at radius 3 is 2.50 bits per heavy atom. The molecule has 0 bridgehead atoms. The second-order valence-corrected chi connectivity index (χ2v) is 10.2. The van der Waals surface area contributed by atoms with Gasteiger partial charge in [0.05, 0.1) is 17.2 Å². The first-order valence-electron chi connectivity index (χ1n) is 11.6. The fourth-order valence-corrected chi connectivity index (χ4v) is 5.89. The Bertz CT molecular complexity index is 1560. The molecule has 4 aromatic rings. The lowest BCUT2D eigenvalue weighted by atomic mass is 10.0. The Labute approximate surface area is 208 Å². The molecule has 2 heterocycles. The number of hydrogen-bond donors (Lipinski definition) is 1. The largest absolute Gasteiger partial charge is 0.460 e. The third-order valence-electron chi connectivity index (χ3n) is 6.07. The van der Waals surface area contributed by atoms with Crippen LogP contribution in [0.5, 0.6) is 0 Å². The lowest BCUT2D eigenvalue weighted by molar-refractivity contribution is 0.0494. The molecule has 9 heteroatoms. The molecule has 1 aromatic heterocycles. The molecule has 0 atom stereocenters. The van der Waals surface area contributed by atoms with E-state index in [0.717, 1.165) is 18.4 Å². The van der Waals surface area contributed by atoms with Gasteiger partial charge in [0.1, 0.15) is 11.3 Å². The van der Waals surface area contributed by atoms with Crippen molar-refractivity contribution >= 4 is 44.2 Å². The average Bonchev–Trinajstić information content (AvgIpc) is 3.27. The first-order valence-corrected chi connectivity index (χ1v) is 13.0. The van der Waals surface area contributed by atoms with Crippen LogP contribution in [0.4, 0.5) is 11.4 Å². The van der Waals surface area contributed by atoms with E-state index in [2.05, 4.69) is 5.32 Å². The number of benzene rings is 3. The zero-order chi connectivity index (χ0) is 25.3. The van der Waals surface area contributed by atoms with Crippen molar-refractivity contribution in [3.05, 3.63) is 89.7 Å². The van der Waals surface area contributed by atoms with Crippen LogP contribution in [0.1, 0.15) is 39.8 Å². The lowest BCUT2D eigenvalue weighted by Gasteiger charge is -2.30. The molecule has 0 fully saturated rings. The van der Waals surface area contributed by atoms with E-state index < -0.39 is 21.9 Å². The van der Waals surface area contributed by atoms with Crippen molar-refractivity contribution in [2.75, 3.05) is 22.8 Å². The molecule has 0 radical (unpaired) electrons. The third kappa shape index (κ3) is 4.22. The maximum atomic E-state index is 13.4. The van der Waals surface area contributed by atoms with E-state index >= 15 is 0 Å². The molecule has 0 saturated heterocycles. The summed E-state index contributed by atoms with van der Waals surface area (Å²) in [7, 11) is -3.80. The van der Waals surface area contributed by atoms with Gasteiger partial charge in [0, 0.05) is 17.5 Å². The van der Waals surface area contributed by atoms with Crippen LogP contribution in [0.15, 0.2) is 82.1 Å². The fourth-order valence-electron chi connectivity index (χ4n) is 4.35. The summed E-state index contributed by atoms with van der Waals surface area (Å²) in [5.74, 6) is -1.30. The van der Waals surface area contributed by atoms with Crippen molar-refractivity contribution in [2.45, 2.75) is 24.7 Å². The minimum Gasteiger partial charge on any atom is -0.460 e. The maximum Gasteiger partial charge on any atom is 0.376 e. The van der Waals surface area contributed by atoms with E-state index in [9.17, 15) is 18.0 Å². The summed E-state index contributed by atoms with van der Waals surface area (Å²) in [5.41, 5.74) is 2.54. The SMILES string of the molecule is CCOC(=O)c1oc2ccccc2c1NC(=O)c1ccc(S(=O)(=O)N2CCCc3ccccc32)cc1. The molecule has 8 nitrogen and oxygen atoms in total. The van der Waals surface area contributed by atoms with Gasteiger partial charge < -0.3 is 14.5 Å². The first kappa shape index (κ1) is 23.6. The number of nitrogens with zero attached hydrogens (tertiary/aromatic N) is 1. The van der Waals surface area contributed by atoms with E-state index in [1.165, 1.54) is 28.6 Å². The number of furan rings is 1. The predicted molar refractivity (Wildman–Crippen MR) is 136 cm³/mol. The van der Waals surface area contributed by atoms with Crippen LogP contribution in [0.2, 0.25) is 0 Å². The van der Waals surface area contributed by atoms with Gasteiger partial charge in [-0.1, -0.05) is 30.3 Å². The van der Waals surface area contributed by atoms with Crippen LogP contribution < -0.4 is 9.62 Å². The van der Waals surface area contributed by atoms with Crippen molar-refractivity contribution in [1.82, 2.24) is 0 Å². The summed E-state index contributed by atoms with van der Waals surface area (Å²) in [5, 5.41) is 3.28. The zero-order valence-corrected chi connectivity index (χ0v) is 20.4. The van der Waals surface area contributed by atoms with Gasteiger partial charge in [-0.15, -0.1) is 0 Å². The van der Waals surface area contributed by atoms with E-state index in [1.54, 1.807) is 31.2 Å². The number of fused-ring (bicyclic) bond motifs is 2. The normalized spacial score (nSPS) is 13.3. The van der Waals surface area contributed by atoms with Gasteiger partial charge in [0.2, 0.25) is 5.76 Å². The molecule has 36 heavy (non-hydrogen) atoms. The Morgan fingerprint density at radius 1 is 1.00 bits per heavy atom. The maximum absolute atomic E-state index is 13.4. The molecule has 1 amide bonds. The summed E-state index contributed by atoms with van der Waals surface area (Å²) in [6, 6.07) is 20.1. The van der Waals surface area contributed by atoms with Crippen LogP contribution in [0.25, 0.3) is 11.0 Å². The second kappa shape index (κ2) is 9.50. The molecule has 1 N–H and O–H groups in total. The lowest BCUT2D eigenvalue weighted by Crippen LogP contribution is -2.35. The molecule has 0 spiro atoms. The van der Waals surface area contributed by atoms with Gasteiger partial charge in [0.15, 0.2) is 0 Å². The minimum absolute atomic E-state index is 0.0942. The number of nitrogens with one attached hydrogen (secondary N) is 1. The molecule has 184 valence electrons. The number of aryl methyl sites for hydroxylation is 1. The number of amides is 1. The number of carbonyl (C=O) groups is 2. The Hall–Kier alpha value is -4.11. The summed E-state index contributed by atoms with van der Waals surface area (Å²) in [4.78, 5) is 25.6. The quantitative estimate of drug-likeness (QED) is 0.370. The highest BCUT2D eigenvalue weighted by atomic mass is 32.2.